The molecule has 3 nitrogen and oxygen atoms in total. The van der Waals surface area contributed by atoms with Gasteiger partial charge in [0, 0.05) is 13.1 Å². The van der Waals surface area contributed by atoms with Crippen LogP contribution in [0.15, 0.2) is 16.8 Å². The van der Waals surface area contributed by atoms with E-state index >= 15 is 0 Å². The van der Waals surface area contributed by atoms with Crippen LogP contribution in [-0.4, -0.2) is 25.5 Å². The smallest absolute Gasteiger partial charge is 0.227 e. The summed E-state index contributed by atoms with van der Waals surface area (Å²) in [7, 11) is 0. The van der Waals surface area contributed by atoms with Gasteiger partial charge in [0.1, 0.15) is 0 Å². The number of rotatable bonds is 4. The molecule has 104 valence electrons. The van der Waals surface area contributed by atoms with Crippen LogP contribution in [0.1, 0.15) is 31.2 Å². The Kier molecular flexibility index (Phi) is 3.89. The monoisotopic (exact) mass is 278 g/mol. The maximum absolute atomic E-state index is 12.6. The molecule has 4 heteroatoms. The van der Waals surface area contributed by atoms with Gasteiger partial charge in [-0.15, -0.1) is 0 Å². The topological polar surface area (TPSA) is 41.1 Å². The van der Waals surface area contributed by atoms with Crippen LogP contribution in [0.25, 0.3) is 0 Å². The third kappa shape index (κ3) is 2.56. The fourth-order valence-electron chi connectivity index (χ4n) is 3.62. The van der Waals surface area contributed by atoms with E-state index in [0.717, 1.165) is 32.5 Å². The molecule has 0 radical (unpaired) electrons. The molecule has 2 aliphatic rings. The Balaban J connectivity index is 1.56. The van der Waals surface area contributed by atoms with E-state index in [1.807, 2.05) is 0 Å². The lowest BCUT2D eigenvalue weighted by atomic mass is 9.67. The molecule has 3 rings (SSSR count). The average Bonchev–Trinajstić information content (AvgIpc) is 3.08. The Labute approximate surface area is 118 Å². The zero-order valence-corrected chi connectivity index (χ0v) is 12.1. The Morgan fingerprint density at radius 1 is 1.53 bits per heavy atom. The predicted molar refractivity (Wildman–Crippen MR) is 78.3 cm³/mol. The molecule has 0 aromatic carbocycles. The number of thiophene rings is 1. The Bertz CT molecular complexity index is 431. The molecule has 1 amide bonds. The van der Waals surface area contributed by atoms with Crippen molar-refractivity contribution in [3.05, 3.63) is 22.4 Å². The van der Waals surface area contributed by atoms with Crippen LogP contribution in [0, 0.1) is 11.3 Å². The molecular formula is C15H22N2OS. The molecule has 2 fully saturated rings. The van der Waals surface area contributed by atoms with Crippen LogP contribution < -0.4 is 10.6 Å². The van der Waals surface area contributed by atoms with Crippen molar-refractivity contribution in [1.82, 2.24) is 10.6 Å². The molecule has 1 saturated heterocycles. The number of amides is 1. The molecule has 0 spiro atoms. The maximum Gasteiger partial charge on any atom is 0.227 e. The van der Waals surface area contributed by atoms with Gasteiger partial charge in [0.05, 0.1) is 5.41 Å². The van der Waals surface area contributed by atoms with Gasteiger partial charge in [-0.1, -0.05) is 12.8 Å². The van der Waals surface area contributed by atoms with Gasteiger partial charge in [-0.3, -0.25) is 4.79 Å². The molecule has 1 aromatic rings. The van der Waals surface area contributed by atoms with Crippen LogP contribution in [0.4, 0.5) is 0 Å². The van der Waals surface area contributed by atoms with Gasteiger partial charge in [-0.25, -0.2) is 0 Å². The third-order valence-electron chi connectivity index (χ3n) is 4.77. The summed E-state index contributed by atoms with van der Waals surface area (Å²) < 4.78 is 0. The largest absolute Gasteiger partial charge is 0.355 e. The lowest BCUT2D eigenvalue weighted by Crippen LogP contribution is -2.48. The van der Waals surface area contributed by atoms with Crippen LogP contribution in [0.5, 0.6) is 0 Å². The lowest BCUT2D eigenvalue weighted by molar-refractivity contribution is -0.133. The summed E-state index contributed by atoms with van der Waals surface area (Å²) in [5.41, 5.74) is 1.22. The number of fused-ring (bicyclic) bond motifs is 1. The molecule has 0 unspecified atom stereocenters. The molecule has 0 bridgehead atoms. The summed E-state index contributed by atoms with van der Waals surface area (Å²) in [6, 6.07) is 2.13. The fourth-order valence-corrected chi connectivity index (χ4v) is 4.32. The standard InChI is InChI=1S/C15H22N2OS/c18-14(17-7-4-12-5-8-19-10-12)15-6-2-1-3-13(15)9-16-11-15/h5,8,10,13,16H,1-4,6-7,9,11H2,(H,17,18)/t13-,15+/m0/s1. The van der Waals surface area contributed by atoms with E-state index in [-0.39, 0.29) is 11.3 Å². The fraction of sp³-hybridized carbons (Fsp3) is 0.667. The molecule has 19 heavy (non-hydrogen) atoms. The Morgan fingerprint density at radius 2 is 2.47 bits per heavy atom. The zero-order chi connectivity index (χ0) is 13.1. The highest BCUT2D eigenvalue weighted by molar-refractivity contribution is 7.07. The van der Waals surface area contributed by atoms with Gasteiger partial charge < -0.3 is 10.6 Å². The van der Waals surface area contributed by atoms with Crippen LogP contribution >= 0.6 is 11.3 Å². The van der Waals surface area contributed by atoms with Gasteiger partial charge in [-0.2, -0.15) is 11.3 Å². The number of carbonyl (C=O) groups is 1. The van der Waals surface area contributed by atoms with Crippen molar-refractivity contribution in [2.75, 3.05) is 19.6 Å². The Hall–Kier alpha value is -0.870. The second-order valence-electron chi connectivity index (χ2n) is 5.87. The van der Waals surface area contributed by atoms with E-state index in [0.29, 0.717) is 5.92 Å². The predicted octanol–water partition coefficient (Wildman–Crippen LogP) is 2.19. The second-order valence-corrected chi connectivity index (χ2v) is 6.65. The van der Waals surface area contributed by atoms with Crippen molar-refractivity contribution >= 4 is 17.2 Å². The lowest BCUT2D eigenvalue weighted by Gasteiger charge is -2.37. The minimum atomic E-state index is -0.104. The van der Waals surface area contributed by atoms with E-state index in [4.69, 9.17) is 0 Å². The van der Waals surface area contributed by atoms with Gasteiger partial charge in [0.25, 0.3) is 0 Å². The first-order valence-electron chi connectivity index (χ1n) is 7.31. The van der Waals surface area contributed by atoms with Crippen LogP contribution in [-0.2, 0) is 11.2 Å². The molecule has 2 atom stereocenters. The van der Waals surface area contributed by atoms with Gasteiger partial charge >= 0.3 is 0 Å². The van der Waals surface area contributed by atoms with E-state index in [2.05, 4.69) is 27.5 Å². The van der Waals surface area contributed by atoms with Crippen LogP contribution in [0.2, 0.25) is 0 Å². The van der Waals surface area contributed by atoms with Gasteiger partial charge in [0.2, 0.25) is 5.91 Å². The van der Waals surface area contributed by atoms with Crippen molar-refractivity contribution < 1.29 is 4.79 Å². The van der Waals surface area contributed by atoms with Crippen molar-refractivity contribution in [3.8, 4) is 0 Å². The van der Waals surface area contributed by atoms with E-state index in [9.17, 15) is 4.79 Å². The first-order valence-corrected chi connectivity index (χ1v) is 8.26. The molecule has 2 heterocycles. The third-order valence-corrected chi connectivity index (χ3v) is 5.50. The van der Waals surface area contributed by atoms with Gasteiger partial charge in [0.15, 0.2) is 0 Å². The van der Waals surface area contributed by atoms with Crippen molar-refractivity contribution in [3.63, 3.8) is 0 Å². The summed E-state index contributed by atoms with van der Waals surface area (Å²) in [5.74, 6) is 0.847. The summed E-state index contributed by atoms with van der Waals surface area (Å²) in [5, 5.41) is 10.9. The second kappa shape index (κ2) is 5.63. The van der Waals surface area contributed by atoms with Crippen LogP contribution in [0.3, 0.4) is 0 Å². The highest BCUT2D eigenvalue weighted by atomic mass is 32.1. The number of hydrogen-bond acceptors (Lipinski definition) is 3. The summed E-state index contributed by atoms with van der Waals surface area (Å²) in [6.45, 7) is 2.67. The normalized spacial score (nSPS) is 30.0. The van der Waals surface area contributed by atoms with E-state index < -0.39 is 0 Å². The summed E-state index contributed by atoms with van der Waals surface area (Å²) in [4.78, 5) is 12.6. The first-order chi connectivity index (χ1) is 9.31. The van der Waals surface area contributed by atoms with Gasteiger partial charge in [-0.05, 0) is 54.1 Å². The molecule has 1 aromatic heterocycles. The minimum absolute atomic E-state index is 0.104. The highest BCUT2D eigenvalue weighted by Gasteiger charge is 2.49. The van der Waals surface area contributed by atoms with Crippen molar-refractivity contribution in [2.24, 2.45) is 11.3 Å². The Morgan fingerprint density at radius 3 is 3.32 bits per heavy atom. The average molecular weight is 278 g/mol. The van der Waals surface area contributed by atoms with E-state index in [1.165, 1.54) is 24.8 Å². The molecule has 1 aliphatic carbocycles. The SMILES string of the molecule is O=C(NCCc1ccsc1)[C@@]12CCCC[C@H]1CNC2. The highest BCUT2D eigenvalue weighted by Crippen LogP contribution is 2.43. The number of nitrogens with one attached hydrogen (secondary N) is 2. The number of carbonyl (C=O) groups excluding carboxylic acids is 1. The first kappa shape index (κ1) is 13.1. The number of hydrogen-bond donors (Lipinski definition) is 2. The van der Waals surface area contributed by atoms with Crippen molar-refractivity contribution in [1.29, 1.82) is 0 Å². The summed E-state index contributed by atoms with van der Waals surface area (Å²) in [6.07, 6.45) is 5.72. The maximum atomic E-state index is 12.6. The van der Waals surface area contributed by atoms with Crippen molar-refractivity contribution in [2.45, 2.75) is 32.1 Å². The van der Waals surface area contributed by atoms with E-state index in [1.54, 1.807) is 11.3 Å². The quantitative estimate of drug-likeness (QED) is 0.886. The minimum Gasteiger partial charge on any atom is -0.355 e. The molecule has 1 aliphatic heterocycles. The molecule has 1 saturated carbocycles. The summed E-state index contributed by atoms with van der Waals surface area (Å²) >= 11 is 1.72. The molecular weight excluding hydrogens is 256 g/mol. The molecule has 2 N–H and O–H groups in total. The zero-order valence-electron chi connectivity index (χ0n) is 11.3.